The molecule has 1 saturated heterocycles. The molecule has 3 heterocycles. The van der Waals surface area contributed by atoms with Crippen molar-refractivity contribution in [1.82, 2.24) is 14.8 Å². The molecule has 0 unspecified atom stereocenters. The van der Waals surface area contributed by atoms with Gasteiger partial charge in [0.25, 0.3) is 0 Å². The lowest BCUT2D eigenvalue weighted by Crippen LogP contribution is -2.50. The Balaban J connectivity index is 1.40. The Bertz CT molecular complexity index is 1010. The Morgan fingerprint density at radius 2 is 2.12 bits per heavy atom. The van der Waals surface area contributed by atoms with Crippen LogP contribution in [0, 0.1) is 0 Å². The second-order valence-electron chi connectivity index (χ2n) is 9.71. The molecule has 3 atom stereocenters. The summed E-state index contributed by atoms with van der Waals surface area (Å²) in [5.41, 5.74) is 6.15. The molecule has 2 aromatic rings. The number of aromatic nitrogens is 1. The number of ether oxygens (including phenoxy) is 1. The molecule has 0 saturated carbocycles. The van der Waals surface area contributed by atoms with E-state index < -0.39 is 6.09 Å². The molecule has 1 aromatic heterocycles. The fourth-order valence-electron chi connectivity index (χ4n) is 5.86. The van der Waals surface area contributed by atoms with Crippen molar-refractivity contribution in [2.45, 2.75) is 57.3 Å². The molecule has 3 aliphatic rings. The number of benzene rings is 1. The van der Waals surface area contributed by atoms with Crippen LogP contribution in [0.3, 0.4) is 0 Å². The van der Waals surface area contributed by atoms with Gasteiger partial charge in [0.1, 0.15) is 0 Å². The topological polar surface area (TPSA) is 69.1 Å². The first kappa shape index (κ1) is 22.2. The minimum atomic E-state index is -0.841. The number of likely N-dealkylation sites (N-methyl/N-ethyl adjacent to an activating group) is 1. The molecule has 1 fully saturated rings. The summed E-state index contributed by atoms with van der Waals surface area (Å²) in [6.07, 6.45) is 5.25. The largest absolute Gasteiger partial charge is 0.465 e. The zero-order valence-corrected chi connectivity index (χ0v) is 19.6. The van der Waals surface area contributed by atoms with E-state index in [-0.39, 0.29) is 18.2 Å². The number of pyridine rings is 1. The van der Waals surface area contributed by atoms with Gasteiger partial charge < -0.3 is 14.7 Å². The molecule has 7 heteroatoms. The van der Waals surface area contributed by atoms with Crippen molar-refractivity contribution in [3.63, 3.8) is 0 Å². The third kappa shape index (κ3) is 4.44. The van der Waals surface area contributed by atoms with Crippen LogP contribution in [0.15, 0.2) is 36.5 Å². The molecule has 1 amide bonds. The average molecular weight is 451 g/mol. The van der Waals surface area contributed by atoms with Crippen LogP contribution in [0.2, 0.25) is 0 Å². The molecular weight excluding hydrogens is 416 g/mol. The lowest BCUT2D eigenvalue weighted by atomic mass is 9.89. The van der Waals surface area contributed by atoms with Crippen LogP contribution in [0.4, 0.5) is 10.5 Å². The summed E-state index contributed by atoms with van der Waals surface area (Å²) in [4.78, 5) is 23.3. The van der Waals surface area contributed by atoms with E-state index in [1.807, 2.05) is 12.3 Å². The SMILES string of the molecule is C[C@H]1CN(c2cccc3c2C[C@H](CN(C)[C@H]2CCCc4cccnc42)N(C(=O)O)C3)CCO1. The summed E-state index contributed by atoms with van der Waals surface area (Å²) in [5, 5.41) is 10.0. The molecule has 0 spiro atoms. The predicted molar refractivity (Wildman–Crippen MR) is 128 cm³/mol. The van der Waals surface area contributed by atoms with Gasteiger partial charge in [-0.1, -0.05) is 18.2 Å². The van der Waals surface area contributed by atoms with E-state index >= 15 is 0 Å². The third-order valence-electron chi connectivity index (χ3n) is 7.49. The number of hydrogen-bond acceptors (Lipinski definition) is 5. The maximum Gasteiger partial charge on any atom is 0.407 e. The fourth-order valence-corrected chi connectivity index (χ4v) is 5.86. The minimum absolute atomic E-state index is 0.0892. The molecule has 5 rings (SSSR count). The van der Waals surface area contributed by atoms with Crippen LogP contribution in [-0.4, -0.2) is 71.4 Å². The van der Waals surface area contributed by atoms with Gasteiger partial charge in [-0.25, -0.2) is 4.79 Å². The molecule has 2 aliphatic heterocycles. The van der Waals surface area contributed by atoms with E-state index in [0.717, 1.165) is 56.6 Å². The number of aryl methyl sites for hydroxylation is 1. The molecule has 176 valence electrons. The fraction of sp³-hybridized carbons (Fsp3) is 0.538. The summed E-state index contributed by atoms with van der Waals surface area (Å²) < 4.78 is 5.75. The number of amides is 1. The van der Waals surface area contributed by atoms with Gasteiger partial charge in [0.2, 0.25) is 0 Å². The zero-order chi connectivity index (χ0) is 22.9. The number of rotatable bonds is 4. The van der Waals surface area contributed by atoms with Crippen molar-refractivity contribution in [2.75, 3.05) is 38.2 Å². The molecule has 1 N–H and O–H groups in total. The number of morpholine rings is 1. The highest BCUT2D eigenvalue weighted by Crippen LogP contribution is 2.35. The maximum atomic E-state index is 12.2. The van der Waals surface area contributed by atoms with Crippen molar-refractivity contribution in [1.29, 1.82) is 0 Å². The number of nitrogens with zero attached hydrogens (tertiary/aromatic N) is 4. The van der Waals surface area contributed by atoms with Gasteiger partial charge in [-0.3, -0.25) is 14.8 Å². The number of fused-ring (bicyclic) bond motifs is 2. The van der Waals surface area contributed by atoms with Crippen molar-refractivity contribution >= 4 is 11.8 Å². The van der Waals surface area contributed by atoms with Crippen LogP contribution in [-0.2, 0) is 24.1 Å². The van der Waals surface area contributed by atoms with E-state index in [2.05, 4.69) is 48.0 Å². The Hall–Kier alpha value is -2.64. The van der Waals surface area contributed by atoms with E-state index in [9.17, 15) is 9.90 Å². The number of carbonyl (C=O) groups is 1. The van der Waals surface area contributed by atoms with Crippen LogP contribution < -0.4 is 4.90 Å². The van der Waals surface area contributed by atoms with Gasteiger partial charge in [-0.2, -0.15) is 0 Å². The molecular formula is C26H34N4O3. The lowest BCUT2D eigenvalue weighted by Gasteiger charge is -2.42. The van der Waals surface area contributed by atoms with Crippen molar-refractivity contribution < 1.29 is 14.6 Å². The van der Waals surface area contributed by atoms with Crippen LogP contribution in [0.5, 0.6) is 0 Å². The highest BCUT2D eigenvalue weighted by Gasteiger charge is 2.35. The lowest BCUT2D eigenvalue weighted by molar-refractivity contribution is 0.0530. The van der Waals surface area contributed by atoms with E-state index in [4.69, 9.17) is 9.72 Å². The maximum absolute atomic E-state index is 12.2. The predicted octanol–water partition coefficient (Wildman–Crippen LogP) is 3.72. The summed E-state index contributed by atoms with van der Waals surface area (Å²) in [6, 6.07) is 10.7. The highest BCUT2D eigenvalue weighted by atomic mass is 16.5. The van der Waals surface area contributed by atoms with Crippen LogP contribution in [0.25, 0.3) is 0 Å². The summed E-state index contributed by atoms with van der Waals surface area (Å²) in [5.74, 6) is 0. The molecule has 0 bridgehead atoms. The zero-order valence-electron chi connectivity index (χ0n) is 19.6. The van der Waals surface area contributed by atoms with Crippen molar-refractivity contribution in [2.24, 2.45) is 0 Å². The van der Waals surface area contributed by atoms with Gasteiger partial charge in [0, 0.05) is 38.1 Å². The molecule has 33 heavy (non-hydrogen) atoms. The number of carboxylic acid groups (broad SMARTS) is 1. The number of hydrogen-bond donors (Lipinski definition) is 1. The van der Waals surface area contributed by atoms with Gasteiger partial charge >= 0.3 is 6.09 Å². The van der Waals surface area contributed by atoms with Crippen LogP contribution in [0.1, 0.15) is 48.2 Å². The first-order valence-corrected chi connectivity index (χ1v) is 12.1. The van der Waals surface area contributed by atoms with E-state index in [1.54, 1.807) is 4.90 Å². The van der Waals surface area contributed by atoms with Crippen molar-refractivity contribution in [3.8, 4) is 0 Å². The molecule has 1 aliphatic carbocycles. The highest BCUT2D eigenvalue weighted by molar-refractivity contribution is 5.68. The molecule has 1 aromatic carbocycles. The quantitative estimate of drug-likeness (QED) is 0.766. The Morgan fingerprint density at radius 3 is 2.94 bits per heavy atom. The van der Waals surface area contributed by atoms with Gasteiger partial charge in [-0.15, -0.1) is 0 Å². The van der Waals surface area contributed by atoms with Crippen LogP contribution >= 0.6 is 0 Å². The Morgan fingerprint density at radius 1 is 1.27 bits per heavy atom. The second kappa shape index (κ2) is 9.31. The molecule has 7 nitrogen and oxygen atoms in total. The van der Waals surface area contributed by atoms with Crippen molar-refractivity contribution in [3.05, 3.63) is 58.9 Å². The van der Waals surface area contributed by atoms with Gasteiger partial charge in [-0.05, 0) is 68.5 Å². The Kier molecular flexibility index (Phi) is 6.25. The first-order valence-electron chi connectivity index (χ1n) is 12.1. The van der Waals surface area contributed by atoms with Gasteiger partial charge in [0.05, 0.1) is 30.5 Å². The molecule has 0 radical (unpaired) electrons. The van der Waals surface area contributed by atoms with Gasteiger partial charge in [0.15, 0.2) is 0 Å². The van der Waals surface area contributed by atoms with E-state index in [0.29, 0.717) is 13.1 Å². The second-order valence-corrected chi connectivity index (χ2v) is 9.71. The monoisotopic (exact) mass is 450 g/mol. The normalized spacial score (nSPS) is 25.0. The summed E-state index contributed by atoms with van der Waals surface area (Å²) in [6.45, 7) is 5.72. The summed E-state index contributed by atoms with van der Waals surface area (Å²) in [7, 11) is 2.12. The minimum Gasteiger partial charge on any atom is -0.465 e. The number of anilines is 1. The smallest absolute Gasteiger partial charge is 0.407 e. The first-order chi connectivity index (χ1) is 16.0. The third-order valence-corrected chi connectivity index (χ3v) is 7.49. The summed E-state index contributed by atoms with van der Waals surface area (Å²) >= 11 is 0. The average Bonchev–Trinajstić information content (AvgIpc) is 2.82. The Labute approximate surface area is 196 Å². The standard InChI is InChI=1S/C26H34N4O3/c1-18-15-29(12-13-33-18)23-9-4-7-20-16-30(26(31)32)21(14-22(20)23)17-28(2)24-10-3-6-19-8-5-11-27-25(19)24/h4-5,7-9,11,18,21,24H,3,6,10,12-17H2,1-2H3,(H,31,32)/t18-,21+,24-/m0/s1. The van der Waals surface area contributed by atoms with E-state index in [1.165, 1.54) is 16.8 Å².